The summed E-state index contributed by atoms with van der Waals surface area (Å²) in [6.45, 7) is 0. The molecule has 1 aromatic heterocycles. The van der Waals surface area contributed by atoms with Crippen LogP contribution in [0.5, 0.6) is 0 Å². The molecule has 0 saturated carbocycles. The minimum absolute atomic E-state index is 0.0896. The van der Waals surface area contributed by atoms with Crippen molar-refractivity contribution in [3.05, 3.63) is 18.1 Å². The van der Waals surface area contributed by atoms with Crippen molar-refractivity contribution in [3.8, 4) is 6.07 Å². The number of nitrogens with zero attached hydrogens (tertiary/aromatic N) is 3. The standard InChI is InChI=1S/C8H7N3O2S/c9-3-6-4-11-7(5-10-6)14-2-1-8(12)13/h4-5H,1-2H2,(H,12,13). The molecule has 0 radical (unpaired) electrons. The molecule has 6 heteroatoms. The van der Waals surface area contributed by atoms with Gasteiger partial charge in [0.05, 0.1) is 18.8 Å². The second-order valence-corrected chi connectivity index (χ2v) is 3.46. The normalized spacial score (nSPS) is 9.36. The quantitative estimate of drug-likeness (QED) is 0.742. The maximum atomic E-state index is 10.2. The fourth-order valence-electron chi connectivity index (χ4n) is 0.691. The Morgan fingerprint density at radius 1 is 1.57 bits per heavy atom. The Kier molecular flexibility index (Phi) is 3.88. The maximum absolute atomic E-state index is 10.2. The Bertz CT molecular complexity index is 358. The summed E-state index contributed by atoms with van der Waals surface area (Å²) in [7, 11) is 0. The van der Waals surface area contributed by atoms with Crippen LogP contribution in [0.2, 0.25) is 0 Å². The van der Waals surface area contributed by atoms with Crippen LogP contribution < -0.4 is 0 Å². The third-order valence-corrected chi connectivity index (χ3v) is 2.22. The van der Waals surface area contributed by atoms with E-state index in [4.69, 9.17) is 10.4 Å². The molecule has 1 N–H and O–H groups in total. The molecule has 0 aliphatic heterocycles. The summed E-state index contributed by atoms with van der Waals surface area (Å²) in [5, 5.41) is 17.5. The van der Waals surface area contributed by atoms with Crippen molar-refractivity contribution in [1.82, 2.24) is 9.97 Å². The van der Waals surface area contributed by atoms with E-state index in [1.54, 1.807) is 0 Å². The number of hydrogen-bond donors (Lipinski definition) is 1. The van der Waals surface area contributed by atoms with E-state index >= 15 is 0 Å². The summed E-state index contributed by atoms with van der Waals surface area (Å²) in [5.41, 5.74) is 0.257. The Morgan fingerprint density at radius 2 is 2.36 bits per heavy atom. The maximum Gasteiger partial charge on any atom is 0.304 e. The number of thioether (sulfide) groups is 1. The van der Waals surface area contributed by atoms with E-state index in [2.05, 4.69) is 9.97 Å². The van der Waals surface area contributed by atoms with Gasteiger partial charge in [-0.2, -0.15) is 5.26 Å². The molecule has 1 heterocycles. The molecule has 0 unspecified atom stereocenters. The number of aromatic nitrogens is 2. The Balaban J connectivity index is 2.45. The zero-order valence-electron chi connectivity index (χ0n) is 7.17. The fraction of sp³-hybridized carbons (Fsp3) is 0.250. The lowest BCUT2D eigenvalue weighted by molar-refractivity contribution is -0.136. The number of aliphatic carboxylic acids is 1. The van der Waals surface area contributed by atoms with E-state index in [1.165, 1.54) is 24.2 Å². The Labute approximate surface area is 84.8 Å². The molecule has 0 saturated heterocycles. The number of rotatable bonds is 4. The highest BCUT2D eigenvalue weighted by molar-refractivity contribution is 7.99. The lowest BCUT2D eigenvalue weighted by Gasteiger charge is -1.96. The molecule has 1 rings (SSSR count). The van der Waals surface area contributed by atoms with Crippen LogP contribution in [-0.4, -0.2) is 26.8 Å². The van der Waals surface area contributed by atoms with Crippen LogP contribution in [0.1, 0.15) is 12.1 Å². The van der Waals surface area contributed by atoms with Crippen LogP contribution >= 0.6 is 11.8 Å². The highest BCUT2D eigenvalue weighted by atomic mass is 32.2. The van der Waals surface area contributed by atoms with E-state index in [0.29, 0.717) is 10.8 Å². The van der Waals surface area contributed by atoms with Crippen molar-refractivity contribution in [2.45, 2.75) is 11.4 Å². The van der Waals surface area contributed by atoms with E-state index in [9.17, 15) is 4.79 Å². The first-order chi connectivity index (χ1) is 6.72. The third kappa shape index (κ3) is 3.41. The van der Waals surface area contributed by atoms with Crippen LogP contribution in [-0.2, 0) is 4.79 Å². The monoisotopic (exact) mass is 209 g/mol. The minimum Gasteiger partial charge on any atom is -0.481 e. The summed E-state index contributed by atoms with van der Waals surface area (Å²) in [5.74, 6) is -0.380. The van der Waals surface area contributed by atoms with Gasteiger partial charge in [0.15, 0.2) is 5.69 Å². The topological polar surface area (TPSA) is 86.9 Å². The summed E-state index contributed by atoms with van der Waals surface area (Å²) in [6.07, 6.45) is 2.92. The molecular formula is C8H7N3O2S. The highest BCUT2D eigenvalue weighted by Gasteiger charge is 2.00. The van der Waals surface area contributed by atoms with Crippen molar-refractivity contribution < 1.29 is 9.90 Å². The molecule has 0 amide bonds. The average Bonchev–Trinajstić information content (AvgIpc) is 2.18. The molecule has 0 aliphatic carbocycles. The molecule has 1 aromatic rings. The number of carbonyl (C=O) groups is 1. The van der Waals surface area contributed by atoms with Crippen LogP contribution in [0, 0.1) is 11.3 Å². The molecule has 0 aromatic carbocycles. The lowest BCUT2D eigenvalue weighted by atomic mass is 10.5. The SMILES string of the molecule is N#Cc1cnc(SCCC(=O)O)cn1. The van der Waals surface area contributed by atoms with Crippen LogP contribution in [0.4, 0.5) is 0 Å². The van der Waals surface area contributed by atoms with E-state index in [-0.39, 0.29) is 12.1 Å². The van der Waals surface area contributed by atoms with Crippen LogP contribution in [0.3, 0.4) is 0 Å². The van der Waals surface area contributed by atoms with Gasteiger partial charge in [-0.15, -0.1) is 11.8 Å². The number of hydrogen-bond acceptors (Lipinski definition) is 5. The molecule has 0 fully saturated rings. The van der Waals surface area contributed by atoms with E-state index in [1.807, 2.05) is 6.07 Å². The molecular weight excluding hydrogens is 202 g/mol. The summed E-state index contributed by atoms with van der Waals surface area (Å²) < 4.78 is 0. The van der Waals surface area contributed by atoms with Crippen molar-refractivity contribution in [3.63, 3.8) is 0 Å². The molecule has 0 spiro atoms. The molecule has 14 heavy (non-hydrogen) atoms. The van der Waals surface area contributed by atoms with Crippen molar-refractivity contribution >= 4 is 17.7 Å². The number of nitriles is 1. The predicted octanol–water partition coefficient (Wildman–Crippen LogP) is 0.915. The lowest BCUT2D eigenvalue weighted by Crippen LogP contribution is -1.96. The number of carboxylic acid groups (broad SMARTS) is 1. The molecule has 0 atom stereocenters. The van der Waals surface area contributed by atoms with Gasteiger partial charge < -0.3 is 5.11 Å². The van der Waals surface area contributed by atoms with Gasteiger partial charge in [0.1, 0.15) is 11.1 Å². The first-order valence-corrected chi connectivity index (χ1v) is 4.77. The highest BCUT2D eigenvalue weighted by Crippen LogP contribution is 2.14. The van der Waals surface area contributed by atoms with E-state index in [0.717, 1.165) is 0 Å². The van der Waals surface area contributed by atoms with Gasteiger partial charge in [0, 0.05) is 5.75 Å². The Morgan fingerprint density at radius 3 is 2.86 bits per heavy atom. The summed E-state index contributed by atoms with van der Waals surface area (Å²) >= 11 is 1.30. The smallest absolute Gasteiger partial charge is 0.304 e. The van der Waals surface area contributed by atoms with Gasteiger partial charge in [0.25, 0.3) is 0 Å². The average molecular weight is 209 g/mol. The molecule has 5 nitrogen and oxygen atoms in total. The summed E-state index contributed by atoms with van der Waals surface area (Å²) in [4.78, 5) is 17.9. The number of carboxylic acids is 1. The van der Waals surface area contributed by atoms with Gasteiger partial charge in [-0.05, 0) is 0 Å². The molecule has 72 valence electrons. The van der Waals surface area contributed by atoms with Gasteiger partial charge in [-0.1, -0.05) is 0 Å². The summed E-state index contributed by atoms with van der Waals surface area (Å²) in [6, 6.07) is 1.85. The first kappa shape index (κ1) is 10.5. The van der Waals surface area contributed by atoms with Crippen molar-refractivity contribution in [2.24, 2.45) is 0 Å². The Hall–Kier alpha value is -1.61. The molecule has 0 aliphatic rings. The van der Waals surface area contributed by atoms with Gasteiger partial charge in [-0.3, -0.25) is 4.79 Å². The van der Waals surface area contributed by atoms with Crippen molar-refractivity contribution in [2.75, 3.05) is 5.75 Å². The van der Waals surface area contributed by atoms with Crippen LogP contribution in [0.15, 0.2) is 17.4 Å². The zero-order valence-corrected chi connectivity index (χ0v) is 7.99. The minimum atomic E-state index is -0.834. The van der Waals surface area contributed by atoms with Gasteiger partial charge >= 0.3 is 5.97 Å². The van der Waals surface area contributed by atoms with Gasteiger partial charge in [-0.25, -0.2) is 9.97 Å². The third-order valence-electron chi connectivity index (χ3n) is 1.31. The molecule has 0 bridgehead atoms. The van der Waals surface area contributed by atoms with E-state index < -0.39 is 5.97 Å². The predicted molar refractivity (Wildman–Crippen MR) is 49.7 cm³/mol. The van der Waals surface area contributed by atoms with Crippen LogP contribution in [0.25, 0.3) is 0 Å². The zero-order chi connectivity index (χ0) is 10.4. The second-order valence-electron chi connectivity index (χ2n) is 2.34. The fourth-order valence-corrected chi connectivity index (χ4v) is 1.43. The largest absolute Gasteiger partial charge is 0.481 e. The van der Waals surface area contributed by atoms with Crippen molar-refractivity contribution in [1.29, 1.82) is 5.26 Å². The first-order valence-electron chi connectivity index (χ1n) is 3.79. The van der Waals surface area contributed by atoms with Gasteiger partial charge in [0.2, 0.25) is 0 Å². The second kappa shape index (κ2) is 5.19.